The predicted molar refractivity (Wildman–Crippen MR) is 88.8 cm³/mol. The number of rotatable bonds is 9. The molecule has 0 saturated carbocycles. The van der Waals surface area contributed by atoms with Crippen molar-refractivity contribution < 1.29 is 9.84 Å². The number of aryl methyl sites for hydroxylation is 1. The van der Waals surface area contributed by atoms with Crippen molar-refractivity contribution in [3.05, 3.63) is 29.8 Å². The first-order valence-corrected chi connectivity index (χ1v) is 7.95. The van der Waals surface area contributed by atoms with Gasteiger partial charge in [-0.1, -0.05) is 46.8 Å². The van der Waals surface area contributed by atoms with Gasteiger partial charge in [0.05, 0.1) is 0 Å². The second-order valence-electron chi connectivity index (χ2n) is 6.74. The molecule has 1 atom stereocenters. The molecule has 3 nitrogen and oxygen atoms in total. The highest BCUT2D eigenvalue weighted by Gasteiger charge is 2.21. The number of hydrogen-bond acceptors (Lipinski definition) is 3. The average molecular weight is 293 g/mol. The fourth-order valence-electron chi connectivity index (χ4n) is 1.87. The van der Waals surface area contributed by atoms with Gasteiger partial charge in [-0.05, 0) is 35.4 Å². The van der Waals surface area contributed by atoms with Crippen LogP contribution in [0.25, 0.3) is 0 Å². The van der Waals surface area contributed by atoms with Crippen LogP contribution in [0.2, 0.25) is 0 Å². The molecular weight excluding hydrogens is 262 g/mol. The molecule has 0 saturated heterocycles. The largest absolute Gasteiger partial charge is 0.491 e. The molecule has 1 aromatic carbocycles. The van der Waals surface area contributed by atoms with E-state index in [9.17, 15) is 5.11 Å². The third-order valence-corrected chi connectivity index (χ3v) is 4.27. The minimum Gasteiger partial charge on any atom is -0.491 e. The van der Waals surface area contributed by atoms with E-state index < -0.39 is 6.10 Å². The number of aliphatic hydroxyl groups is 1. The number of ether oxygens (including phenoxy) is 1. The predicted octanol–water partition coefficient (Wildman–Crippen LogP) is 3.26. The fourth-order valence-corrected chi connectivity index (χ4v) is 1.87. The van der Waals surface area contributed by atoms with E-state index in [0.29, 0.717) is 19.1 Å². The highest BCUT2D eigenvalue weighted by atomic mass is 16.5. The molecule has 1 unspecified atom stereocenters. The van der Waals surface area contributed by atoms with Gasteiger partial charge in [0.25, 0.3) is 0 Å². The first kappa shape index (κ1) is 18.0. The molecule has 21 heavy (non-hydrogen) atoms. The van der Waals surface area contributed by atoms with Gasteiger partial charge in [0.15, 0.2) is 0 Å². The van der Waals surface area contributed by atoms with Crippen LogP contribution in [0.4, 0.5) is 0 Å². The molecule has 2 N–H and O–H groups in total. The molecule has 0 aliphatic carbocycles. The van der Waals surface area contributed by atoms with Crippen LogP contribution in [0.3, 0.4) is 0 Å². The Balaban J connectivity index is 2.29. The van der Waals surface area contributed by atoms with Gasteiger partial charge in [0.2, 0.25) is 0 Å². The summed E-state index contributed by atoms with van der Waals surface area (Å²) in [6.07, 6.45) is 0.504. The van der Waals surface area contributed by atoms with E-state index in [-0.39, 0.29) is 5.41 Å². The van der Waals surface area contributed by atoms with E-state index >= 15 is 0 Å². The Hall–Kier alpha value is -1.06. The van der Waals surface area contributed by atoms with E-state index in [1.807, 2.05) is 18.2 Å². The molecule has 0 aromatic heterocycles. The Morgan fingerprint density at radius 3 is 2.62 bits per heavy atom. The number of hydrogen-bond donors (Lipinski definition) is 2. The van der Waals surface area contributed by atoms with Gasteiger partial charge in [-0.3, -0.25) is 0 Å². The second kappa shape index (κ2) is 8.40. The Bertz CT molecular complexity index is 415. The van der Waals surface area contributed by atoms with Crippen LogP contribution in [-0.2, 0) is 6.42 Å². The fraction of sp³-hybridized carbons (Fsp3) is 0.667. The molecule has 0 aliphatic rings. The summed E-state index contributed by atoms with van der Waals surface area (Å²) in [5, 5.41) is 13.3. The Kier molecular flexibility index (Phi) is 7.20. The van der Waals surface area contributed by atoms with E-state index in [1.165, 1.54) is 5.56 Å². The van der Waals surface area contributed by atoms with Gasteiger partial charge in [-0.2, -0.15) is 0 Å². The summed E-state index contributed by atoms with van der Waals surface area (Å²) in [6.45, 7) is 12.8. The Labute approximate surface area is 129 Å². The molecule has 0 amide bonds. The monoisotopic (exact) mass is 293 g/mol. The van der Waals surface area contributed by atoms with E-state index in [4.69, 9.17) is 4.74 Å². The normalized spacial score (nSPS) is 13.5. The summed E-state index contributed by atoms with van der Waals surface area (Å²) in [5.74, 6) is 1.44. The van der Waals surface area contributed by atoms with Gasteiger partial charge >= 0.3 is 0 Å². The zero-order valence-corrected chi connectivity index (χ0v) is 14.1. The quantitative estimate of drug-likeness (QED) is 0.734. The summed E-state index contributed by atoms with van der Waals surface area (Å²) >= 11 is 0. The minimum atomic E-state index is -0.488. The maximum Gasteiger partial charge on any atom is 0.119 e. The van der Waals surface area contributed by atoms with Crippen molar-refractivity contribution in [2.75, 3.05) is 19.7 Å². The van der Waals surface area contributed by atoms with Crippen LogP contribution >= 0.6 is 0 Å². The van der Waals surface area contributed by atoms with Gasteiger partial charge in [0, 0.05) is 13.1 Å². The first-order chi connectivity index (χ1) is 9.85. The summed E-state index contributed by atoms with van der Waals surface area (Å²) in [6, 6.07) is 8.03. The molecular formula is C18H31NO2. The zero-order valence-electron chi connectivity index (χ0n) is 14.1. The van der Waals surface area contributed by atoms with Crippen LogP contribution in [0, 0.1) is 11.3 Å². The summed E-state index contributed by atoms with van der Waals surface area (Å²) < 4.78 is 5.65. The van der Waals surface area contributed by atoms with Crippen LogP contribution in [0.1, 0.15) is 40.2 Å². The van der Waals surface area contributed by atoms with Gasteiger partial charge < -0.3 is 15.2 Å². The highest BCUT2D eigenvalue weighted by Crippen LogP contribution is 2.24. The number of nitrogens with one attached hydrogen (secondary N) is 1. The molecule has 0 radical (unpaired) electrons. The smallest absolute Gasteiger partial charge is 0.119 e. The highest BCUT2D eigenvalue weighted by molar-refractivity contribution is 5.28. The summed E-state index contributed by atoms with van der Waals surface area (Å²) in [7, 11) is 0. The van der Waals surface area contributed by atoms with Gasteiger partial charge in [0.1, 0.15) is 18.5 Å². The lowest BCUT2D eigenvalue weighted by Gasteiger charge is -2.30. The molecule has 120 valence electrons. The van der Waals surface area contributed by atoms with E-state index in [2.05, 4.69) is 46.0 Å². The third-order valence-electron chi connectivity index (χ3n) is 4.27. The van der Waals surface area contributed by atoms with Crippen LogP contribution in [-0.4, -0.2) is 30.9 Å². The Morgan fingerprint density at radius 1 is 1.29 bits per heavy atom. The van der Waals surface area contributed by atoms with Crippen LogP contribution < -0.4 is 10.1 Å². The van der Waals surface area contributed by atoms with Crippen molar-refractivity contribution in [3.63, 3.8) is 0 Å². The van der Waals surface area contributed by atoms with E-state index in [0.717, 1.165) is 18.7 Å². The number of benzene rings is 1. The molecule has 3 heteroatoms. The second-order valence-corrected chi connectivity index (χ2v) is 6.74. The molecule has 0 heterocycles. The van der Waals surface area contributed by atoms with Gasteiger partial charge in [-0.25, -0.2) is 0 Å². The molecule has 1 rings (SSSR count). The molecule has 0 spiro atoms. The van der Waals surface area contributed by atoms with Crippen LogP contribution in [0.15, 0.2) is 24.3 Å². The SMILES string of the molecule is CCc1cccc(OCC(O)CNCC(C)(C)C(C)C)c1. The lowest BCUT2D eigenvalue weighted by molar-refractivity contribution is 0.101. The van der Waals surface area contributed by atoms with Crippen molar-refractivity contribution in [2.45, 2.75) is 47.1 Å². The summed E-state index contributed by atoms with van der Waals surface area (Å²) in [4.78, 5) is 0. The number of aliphatic hydroxyl groups excluding tert-OH is 1. The average Bonchev–Trinajstić information content (AvgIpc) is 2.45. The van der Waals surface area contributed by atoms with Crippen molar-refractivity contribution in [1.29, 1.82) is 0 Å². The lowest BCUT2D eigenvalue weighted by atomic mass is 9.81. The zero-order chi connectivity index (χ0) is 15.9. The van der Waals surface area contributed by atoms with Gasteiger partial charge in [-0.15, -0.1) is 0 Å². The summed E-state index contributed by atoms with van der Waals surface area (Å²) in [5.41, 5.74) is 1.48. The molecule has 1 aromatic rings. The van der Waals surface area contributed by atoms with Crippen molar-refractivity contribution in [2.24, 2.45) is 11.3 Å². The minimum absolute atomic E-state index is 0.232. The van der Waals surface area contributed by atoms with Crippen molar-refractivity contribution in [1.82, 2.24) is 5.32 Å². The standard InChI is InChI=1S/C18H31NO2/c1-6-15-8-7-9-17(10-15)21-12-16(20)11-19-13-18(4,5)14(2)3/h7-10,14,16,19-20H,6,11-13H2,1-5H3. The topological polar surface area (TPSA) is 41.5 Å². The Morgan fingerprint density at radius 2 is 2.00 bits per heavy atom. The maximum atomic E-state index is 9.98. The van der Waals surface area contributed by atoms with Crippen molar-refractivity contribution >= 4 is 0 Å². The maximum absolute atomic E-state index is 9.98. The van der Waals surface area contributed by atoms with Crippen LogP contribution in [0.5, 0.6) is 5.75 Å². The first-order valence-electron chi connectivity index (χ1n) is 7.95. The lowest BCUT2D eigenvalue weighted by Crippen LogP contribution is -2.39. The van der Waals surface area contributed by atoms with Crippen molar-refractivity contribution in [3.8, 4) is 5.75 Å². The molecule has 0 fully saturated rings. The molecule has 0 aliphatic heterocycles. The molecule has 0 bridgehead atoms. The van der Waals surface area contributed by atoms with E-state index in [1.54, 1.807) is 0 Å². The third kappa shape index (κ3) is 6.49.